The molecule has 0 aromatic heterocycles. The van der Waals surface area contributed by atoms with Gasteiger partial charge in [0.05, 0.1) is 17.7 Å². The summed E-state index contributed by atoms with van der Waals surface area (Å²) in [5, 5.41) is 40.3. The number of aromatic carboxylic acids is 2. The molecule has 12 nitrogen and oxygen atoms in total. The van der Waals surface area contributed by atoms with E-state index in [0.717, 1.165) is 25.3 Å². The molecular formula is C21H24O12. The van der Waals surface area contributed by atoms with Gasteiger partial charge in [0.1, 0.15) is 0 Å². The van der Waals surface area contributed by atoms with E-state index in [2.05, 4.69) is 6.58 Å². The summed E-state index contributed by atoms with van der Waals surface area (Å²) >= 11 is 0. The molecule has 1 saturated heterocycles. The molecule has 0 atom stereocenters. The van der Waals surface area contributed by atoms with E-state index in [1.807, 2.05) is 0 Å². The van der Waals surface area contributed by atoms with Crippen LogP contribution in [-0.2, 0) is 23.9 Å². The molecule has 0 saturated carbocycles. The number of carboxylic acids is 5. The Labute approximate surface area is 188 Å². The van der Waals surface area contributed by atoms with E-state index in [-0.39, 0.29) is 17.1 Å². The topological polar surface area (TPSA) is 213 Å². The highest BCUT2D eigenvalue weighted by atomic mass is 16.5. The molecule has 1 heterocycles. The quantitative estimate of drug-likeness (QED) is 0.310. The molecule has 0 bridgehead atoms. The van der Waals surface area contributed by atoms with Crippen LogP contribution >= 0.6 is 0 Å². The van der Waals surface area contributed by atoms with Crippen molar-refractivity contribution in [1.82, 2.24) is 0 Å². The zero-order valence-electron chi connectivity index (χ0n) is 17.4. The Bertz CT molecular complexity index is 811. The lowest BCUT2D eigenvalue weighted by Crippen LogP contribution is -2.06. The smallest absolute Gasteiger partial charge is 0.336 e. The zero-order valence-corrected chi connectivity index (χ0v) is 17.4. The summed E-state index contributed by atoms with van der Waals surface area (Å²) in [6, 6.07) is 5.48. The number of cyclic esters (lactones) is 1. The third-order valence-electron chi connectivity index (χ3n) is 3.22. The predicted octanol–water partition coefficient (Wildman–Crippen LogP) is 2.16. The summed E-state index contributed by atoms with van der Waals surface area (Å²) < 4.78 is 4.76. The predicted molar refractivity (Wildman–Crippen MR) is 112 cm³/mol. The summed E-state index contributed by atoms with van der Waals surface area (Å²) in [6.45, 7) is 3.60. The first-order valence-electron chi connectivity index (χ1n) is 9.12. The van der Waals surface area contributed by atoms with Crippen molar-refractivity contribution in [2.24, 2.45) is 0 Å². The largest absolute Gasteiger partial charge is 0.478 e. The number of carboxylic acid groups (broad SMARTS) is 5. The number of hydrogen-bond acceptors (Lipinski definition) is 7. The number of benzene rings is 1. The maximum atomic E-state index is 10.5. The Morgan fingerprint density at radius 2 is 1.18 bits per heavy atom. The molecular weight excluding hydrogens is 444 g/mol. The molecule has 12 heteroatoms. The fraction of sp³-hybridized carbons (Fsp3) is 0.238. The van der Waals surface area contributed by atoms with Gasteiger partial charge in [0.2, 0.25) is 0 Å². The van der Waals surface area contributed by atoms with Crippen LogP contribution in [0.3, 0.4) is 0 Å². The molecule has 5 N–H and O–H groups in total. The Kier molecular flexibility index (Phi) is 17.0. The maximum absolute atomic E-state index is 10.5. The van der Waals surface area contributed by atoms with Crippen LogP contribution in [0.5, 0.6) is 0 Å². The van der Waals surface area contributed by atoms with Crippen molar-refractivity contribution >= 4 is 35.8 Å². The lowest BCUT2D eigenvalue weighted by atomic mass is 10.1. The van der Waals surface area contributed by atoms with Crippen LogP contribution in [0.15, 0.2) is 49.1 Å². The summed E-state index contributed by atoms with van der Waals surface area (Å²) in [4.78, 5) is 59.7. The van der Waals surface area contributed by atoms with E-state index < -0.39 is 29.8 Å². The van der Waals surface area contributed by atoms with Gasteiger partial charge < -0.3 is 30.3 Å². The maximum Gasteiger partial charge on any atom is 0.336 e. The number of hydrogen-bond donors (Lipinski definition) is 5. The van der Waals surface area contributed by atoms with Gasteiger partial charge in [-0.05, 0) is 31.4 Å². The Hall–Kier alpha value is -4.48. The van der Waals surface area contributed by atoms with E-state index in [4.69, 9.17) is 30.3 Å². The van der Waals surface area contributed by atoms with Gasteiger partial charge in [0, 0.05) is 24.6 Å². The van der Waals surface area contributed by atoms with Gasteiger partial charge in [0.15, 0.2) is 0 Å². The molecule has 33 heavy (non-hydrogen) atoms. The van der Waals surface area contributed by atoms with Gasteiger partial charge in [-0.2, -0.15) is 0 Å². The molecule has 180 valence electrons. The summed E-state index contributed by atoms with van der Waals surface area (Å²) in [5.74, 6) is -5.98. The molecule has 0 spiro atoms. The molecule has 0 radical (unpaired) electrons. The van der Waals surface area contributed by atoms with Crippen molar-refractivity contribution in [1.29, 1.82) is 0 Å². The van der Waals surface area contributed by atoms with Crippen LogP contribution in [0.1, 0.15) is 46.4 Å². The SMILES string of the molecule is C=CC(=O)O.O=C(O)/C=C\C(=O)O.O=C(O)c1ccccc1C(=O)O.O=C1CCCCCO1. The fourth-order valence-corrected chi connectivity index (χ4v) is 1.81. The molecule has 1 aromatic rings. The van der Waals surface area contributed by atoms with E-state index in [1.165, 1.54) is 24.3 Å². The van der Waals surface area contributed by atoms with Gasteiger partial charge in [-0.15, -0.1) is 0 Å². The van der Waals surface area contributed by atoms with Crippen LogP contribution < -0.4 is 0 Å². The number of esters is 1. The number of carbonyl (C=O) groups excluding carboxylic acids is 1. The summed E-state index contributed by atoms with van der Waals surface area (Å²) in [7, 11) is 0. The second-order valence-corrected chi connectivity index (χ2v) is 5.74. The average Bonchev–Trinajstić information content (AvgIpc) is 3.01. The van der Waals surface area contributed by atoms with Crippen molar-refractivity contribution in [3.05, 3.63) is 60.2 Å². The van der Waals surface area contributed by atoms with Crippen LogP contribution in [0.2, 0.25) is 0 Å². The standard InChI is InChI=1S/C8H6O4.C6H10O2.C4H4O4.C3H4O2/c9-7(10)5-3-1-2-4-6(5)8(11)12;7-6-4-2-1-3-5-8-6;5-3(6)1-2-4(7)8;1-2-3(4)5/h1-4H,(H,9,10)(H,11,12);1-5H2;1-2H,(H,5,6)(H,7,8);2H,1H2,(H,4,5)/b;;2-1-;. The van der Waals surface area contributed by atoms with Crippen molar-refractivity contribution in [2.75, 3.05) is 6.61 Å². The Morgan fingerprint density at radius 3 is 1.52 bits per heavy atom. The minimum absolute atomic E-state index is 0.0255. The molecule has 1 aromatic carbocycles. The molecule has 1 aliphatic heterocycles. The average molecular weight is 468 g/mol. The van der Waals surface area contributed by atoms with Gasteiger partial charge >= 0.3 is 35.8 Å². The highest BCUT2D eigenvalue weighted by molar-refractivity contribution is 6.01. The highest BCUT2D eigenvalue weighted by Crippen LogP contribution is 2.08. The Balaban J connectivity index is 0. The number of rotatable bonds is 5. The van der Waals surface area contributed by atoms with Gasteiger partial charge in [-0.3, -0.25) is 4.79 Å². The minimum atomic E-state index is -1.26. The summed E-state index contributed by atoms with van der Waals surface area (Å²) in [6.07, 6.45) is 5.78. The third kappa shape index (κ3) is 19.2. The van der Waals surface area contributed by atoms with E-state index in [9.17, 15) is 28.8 Å². The molecule has 0 unspecified atom stereocenters. The first kappa shape index (κ1) is 30.7. The van der Waals surface area contributed by atoms with E-state index in [0.29, 0.717) is 25.2 Å². The molecule has 1 fully saturated rings. The van der Waals surface area contributed by atoms with Crippen molar-refractivity contribution in [3.63, 3.8) is 0 Å². The van der Waals surface area contributed by atoms with Gasteiger partial charge in [0.25, 0.3) is 0 Å². The van der Waals surface area contributed by atoms with Gasteiger partial charge in [-0.25, -0.2) is 24.0 Å². The molecule has 1 aliphatic rings. The first-order valence-corrected chi connectivity index (χ1v) is 9.12. The van der Waals surface area contributed by atoms with Crippen LogP contribution in [0.25, 0.3) is 0 Å². The highest BCUT2D eigenvalue weighted by Gasteiger charge is 2.13. The molecule has 0 amide bonds. The number of aliphatic carboxylic acids is 3. The Morgan fingerprint density at radius 1 is 0.758 bits per heavy atom. The normalized spacial score (nSPS) is 11.9. The van der Waals surface area contributed by atoms with Crippen LogP contribution in [0, 0.1) is 0 Å². The third-order valence-corrected chi connectivity index (χ3v) is 3.22. The van der Waals surface area contributed by atoms with Crippen LogP contribution in [0.4, 0.5) is 0 Å². The van der Waals surface area contributed by atoms with Gasteiger partial charge in [-0.1, -0.05) is 18.7 Å². The fourth-order valence-electron chi connectivity index (χ4n) is 1.81. The lowest BCUT2D eigenvalue weighted by molar-refractivity contribution is -0.142. The first-order chi connectivity index (χ1) is 15.4. The molecule has 0 aliphatic carbocycles. The number of carbonyl (C=O) groups is 6. The second kappa shape index (κ2) is 18.3. The number of ether oxygens (including phenoxy) is 1. The van der Waals surface area contributed by atoms with Crippen LogP contribution in [-0.4, -0.2) is 68.0 Å². The monoisotopic (exact) mass is 468 g/mol. The van der Waals surface area contributed by atoms with Crippen molar-refractivity contribution < 1.29 is 59.0 Å². The summed E-state index contributed by atoms with van der Waals surface area (Å²) in [5.41, 5.74) is -0.380. The van der Waals surface area contributed by atoms with Crippen molar-refractivity contribution in [3.8, 4) is 0 Å². The molecule has 2 rings (SSSR count). The van der Waals surface area contributed by atoms with E-state index in [1.54, 1.807) is 0 Å². The lowest BCUT2D eigenvalue weighted by Gasteiger charge is -1.98. The van der Waals surface area contributed by atoms with E-state index >= 15 is 0 Å². The minimum Gasteiger partial charge on any atom is -0.478 e. The van der Waals surface area contributed by atoms with Crippen molar-refractivity contribution in [2.45, 2.75) is 25.7 Å². The zero-order chi connectivity index (χ0) is 25.8. The second-order valence-electron chi connectivity index (χ2n) is 5.74.